The molecule has 0 aliphatic rings. The Balaban J connectivity index is 3.83. The van der Waals surface area contributed by atoms with Crippen molar-refractivity contribution < 1.29 is 10.2 Å². The number of rotatable bonds is 9. The molecule has 96 valence electrons. The fraction of sp³-hybridized carbons (Fsp3) is 1.00. The Hall–Kier alpha value is -1.08. The van der Waals surface area contributed by atoms with Crippen LogP contribution in [-0.4, -0.2) is 47.4 Å². The van der Waals surface area contributed by atoms with Crippen molar-refractivity contribution in [2.75, 3.05) is 26.2 Å². The molecule has 0 amide bonds. The van der Waals surface area contributed by atoms with Crippen LogP contribution in [0.1, 0.15) is 26.7 Å². The van der Waals surface area contributed by atoms with Gasteiger partial charge in [-0.2, -0.15) is 0 Å². The number of hydrogen-bond donors (Lipinski definition) is 3. The molecule has 0 rings (SSSR count). The van der Waals surface area contributed by atoms with Gasteiger partial charge < -0.3 is 21.5 Å². The molecule has 0 spiro atoms. The van der Waals surface area contributed by atoms with E-state index in [9.17, 15) is 5.21 Å². The van der Waals surface area contributed by atoms with Crippen LogP contribution in [0.3, 0.4) is 0 Å². The maximum atomic E-state index is 11.1. The lowest BCUT2D eigenvalue weighted by molar-refractivity contribution is -0.709. The largest absolute Gasteiger partial charge is 0.569 e. The van der Waals surface area contributed by atoms with Gasteiger partial charge in [0.15, 0.2) is 0 Å². The third-order valence-electron chi connectivity index (χ3n) is 2.08. The summed E-state index contributed by atoms with van der Waals surface area (Å²) in [6, 6.07) is 0.434. The third-order valence-corrected chi connectivity index (χ3v) is 2.08. The van der Waals surface area contributed by atoms with E-state index in [1.54, 1.807) is 0 Å². The third kappa shape index (κ3) is 7.24. The molecule has 0 saturated carbocycles. The molecule has 0 aromatic carbocycles. The molecule has 0 fully saturated rings. The fourth-order valence-electron chi connectivity index (χ4n) is 1.27. The minimum Gasteiger partial charge on any atom is -0.569 e. The zero-order valence-corrected chi connectivity index (χ0v) is 10.1. The number of nitrogens with zero attached hydrogens (tertiary/aromatic N) is 3. The minimum atomic E-state index is 0.213. The van der Waals surface area contributed by atoms with Crippen molar-refractivity contribution in [1.29, 1.82) is 0 Å². The van der Waals surface area contributed by atoms with E-state index in [2.05, 4.69) is 24.4 Å². The van der Waals surface area contributed by atoms with Crippen molar-refractivity contribution in [2.45, 2.75) is 32.7 Å². The molecule has 0 atom stereocenters. The van der Waals surface area contributed by atoms with Crippen LogP contribution in [0.2, 0.25) is 0 Å². The van der Waals surface area contributed by atoms with Crippen LogP contribution in [0.5, 0.6) is 0 Å². The standard InChI is InChI=1S/C9H23N5O2/c1-9(2)11-6-4-8-13(7-3-5-10)14(16)12-15/h9,11,15H,3-8,10H2,1-2H3/b14-12-. The second-order valence-electron chi connectivity index (χ2n) is 3.90. The van der Waals surface area contributed by atoms with Crippen LogP contribution >= 0.6 is 0 Å². The molecular weight excluding hydrogens is 210 g/mol. The van der Waals surface area contributed by atoms with Crippen molar-refractivity contribution in [1.82, 2.24) is 10.3 Å². The predicted molar refractivity (Wildman–Crippen MR) is 60.8 cm³/mol. The second kappa shape index (κ2) is 9.17. The number of nitrogens with two attached hydrogens (primary N) is 1. The Kier molecular flexibility index (Phi) is 8.55. The SMILES string of the molecule is CC(C)NCCCN(CCCN)/[N+]([O-])=N/O. The van der Waals surface area contributed by atoms with Crippen molar-refractivity contribution >= 4 is 0 Å². The molecule has 0 aromatic rings. The smallest absolute Gasteiger partial charge is 0.230 e. The van der Waals surface area contributed by atoms with Gasteiger partial charge in [0, 0.05) is 6.04 Å². The number of hydrazine groups is 1. The molecule has 0 heterocycles. The first-order chi connectivity index (χ1) is 7.61. The van der Waals surface area contributed by atoms with Gasteiger partial charge in [0.1, 0.15) is 0 Å². The van der Waals surface area contributed by atoms with Crippen LogP contribution in [0.25, 0.3) is 0 Å². The van der Waals surface area contributed by atoms with E-state index in [4.69, 9.17) is 10.9 Å². The van der Waals surface area contributed by atoms with E-state index in [0.29, 0.717) is 32.1 Å². The lowest BCUT2D eigenvalue weighted by Gasteiger charge is -2.17. The monoisotopic (exact) mass is 233 g/mol. The first kappa shape index (κ1) is 14.9. The Morgan fingerprint density at radius 3 is 2.56 bits per heavy atom. The molecule has 0 saturated heterocycles. The topological polar surface area (TPSA) is 100.0 Å². The molecule has 0 unspecified atom stereocenters. The summed E-state index contributed by atoms with van der Waals surface area (Å²) in [7, 11) is 0. The van der Waals surface area contributed by atoms with Crippen LogP contribution in [0, 0.1) is 5.21 Å². The fourth-order valence-corrected chi connectivity index (χ4v) is 1.27. The van der Waals surface area contributed by atoms with Gasteiger partial charge >= 0.3 is 0 Å². The average Bonchev–Trinajstić information content (AvgIpc) is 2.26. The molecule has 0 bridgehead atoms. The second-order valence-corrected chi connectivity index (χ2v) is 3.90. The van der Waals surface area contributed by atoms with E-state index < -0.39 is 0 Å². The van der Waals surface area contributed by atoms with Crippen LogP contribution in [0.15, 0.2) is 5.28 Å². The van der Waals surface area contributed by atoms with Crippen molar-refractivity contribution in [3.63, 3.8) is 0 Å². The van der Waals surface area contributed by atoms with E-state index >= 15 is 0 Å². The zero-order chi connectivity index (χ0) is 12.4. The molecule has 0 radical (unpaired) electrons. The van der Waals surface area contributed by atoms with Gasteiger partial charge in [0.05, 0.1) is 18.1 Å². The first-order valence-corrected chi connectivity index (χ1v) is 5.62. The molecule has 0 aliphatic heterocycles. The summed E-state index contributed by atoms with van der Waals surface area (Å²) in [6.45, 7) is 6.53. The zero-order valence-electron chi connectivity index (χ0n) is 10.1. The van der Waals surface area contributed by atoms with Crippen LogP contribution in [-0.2, 0) is 0 Å². The summed E-state index contributed by atoms with van der Waals surface area (Å²) in [5.41, 5.74) is 5.36. The van der Waals surface area contributed by atoms with Gasteiger partial charge in [-0.1, -0.05) is 13.8 Å². The van der Waals surface area contributed by atoms with Crippen molar-refractivity contribution in [2.24, 2.45) is 11.0 Å². The predicted octanol–water partition coefficient (Wildman–Crippen LogP) is 0.292. The maximum Gasteiger partial charge on any atom is 0.230 e. The normalized spacial score (nSPS) is 12.1. The highest BCUT2D eigenvalue weighted by Crippen LogP contribution is 1.95. The molecule has 0 aromatic heterocycles. The quantitative estimate of drug-likeness (QED) is 0.230. The number of nitrogens with one attached hydrogen (secondary N) is 1. The highest BCUT2D eigenvalue weighted by atomic mass is 16.6. The molecule has 0 aliphatic carbocycles. The Morgan fingerprint density at radius 1 is 1.44 bits per heavy atom. The van der Waals surface area contributed by atoms with Gasteiger partial charge in [-0.05, 0) is 25.9 Å². The Morgan fingerprint density at radius 2 is 2.06 bits per heavy atom. The van der Waals surface area contributed by atoms with Crippen molar-refractivity contribution in [3.05, 3.63) is 5.21 Å². The van der Waals surface area contributed by atoms with Gasteiger partial charge in [-0.15, -0.1) is 5.01 Å². The van der Waals surface area contributed by atoms with E-state index in [-0.39, 0.29) is 4.97 Å². The summed E-state index contributed by atoms with van der Waals surface area (Å²) in [5, 5.41) is 26.8. The van der Waals surface area contributed by atoms with Crippen LogP contribution in [0.4, 0.5) is 0 Å². The lowest BCUT2D eigenvalue weighted by atomic mass is 10.3. The summed E-state index contributed by atoms with van der Waals surface area (Å²) in [6.07, 6.45) is 1.52. The minimum absolute atomic E-state index is 0.213. The maximum absolute atomic E-state index is 11.1. The highest BCUT2D eigenvalue weighted by Gasteiger charge is 2.11. The average molecular weight is 233 g/mol. The van der Waals surface area contributed by atoms with Gasteiger partial charge in [-0.3, -0.25) is 0 Å². The van der Waals surface area contributed by atoms with Gasteiger partial charge in [0.2, 0.25) is 5.28 Å². The van der Waals surface area contributed by atoms with Gasteiger partial charge in [-0.25, -0.2) is 0 Å². The number of hydrogen-bond acceptors (Lipinski definition) is 4. The molecular formula is C9H23N5O2. The summed E-state index contributed by atoms with van der Waals surface area (Å²) >= 11 is 0. The van der Waals surface area contributed by atoms with Gasteiger partial charge in [0.25, 0.3) is 0 Å². The summed E-state index contributed by atoms with van der Waals surface area (Å²) in [4.78, 5) is 0.213. The van der Waals surface area contributed by atoms with E-state index in [0.717, 1.165) is 13.0 Å². The van der Waals surface area contributed by atoms with Crippen LogP contribution < -0.4 is 11.1 Å². The molecule has 16 heavy (non-hydrogen) atoms. The summed E-state index contributed by atoms with van der Waals surface area (Å²) < 4.78 is 0. The lowest BCUT2D eigenvalue weighted by Crippen LogP contribution is -2.35. The molecule has 7 nitrogen and oxygen atoms in total. The van der Waals surface area contributed by atoms with Crippen molar-refractivity contribution in [3.8, 4) is 0 Å². The van der Waals surface area contributed by atoms with E-state index in [1.807, 2.05) is 0 Å². The Labute approximate surface area is 96.4 Å². The Bertz CT molecular complexity index is 198. The van der Waals surface area contributed by atoms with E-state index in [1.165, 1.54) is 5.01 Å². The summed E-state index contributed by atoms with van der Waals surface area (Å²) in [5.74, 6) is 0. The molecule has 4 N–H and O–H groups in total. The first-order valence-electron chi connectivity index (χ1n) is 5.62. The highest BCUT2D eigenvalue weighted by molar-refractivity contribution is 4.55. The molecule has 7 heteroatoms.